The second-order valence-corrected chi connectivity index (χ2v) is 7.54. The number of nitrogens with one attached hydrogen (secondary N) is 3. The number of hydrogen-bond acceptors (Lipinski definition) is 6. The zero-order valence-electron chi connectivity index (χ0n) is 17.6. The number of hydrogen-bond donors (Lipinski definition) is 3. The summed E-state index contributed by atoms with van der Waals surface area (Å²) in [5, 5.41) is 6.97. The van der Waals surface area contributed by atoms with Gasteiger partial charge in [-0.15, -0.1) is 0 Å². The van der Waals surface area contributed by atoms with Gasteiger partial charge in [0.15, 0.2) is 6.61 Å². The van der Waals surface area contributed by atoms with Gasteiger partial charge in [-0.05, 0) is 57.2 Å². The Bertz CT molecular complexity index is 921. The topological polar surface area (TPSA) is 123 Å². The molecule has 2 aromatic carbocycles. The van der Waals surface area contributed by atoms with E-state index >= 15 is 0 Å². The first-order chi connectivity index (χ1) is 14.6. The third kappa shape index (κ3) is 8.99. The predicted octanol–water partition coefficient (Wildman–Crippen LogP) is 2.38. The van der Waals surface area contributed by atoms with Crippen LogP contribution in [0.2, 0.25) is 0 Å². The molecule has 9 nitrogen and oxygen atoms in total. The van der Waals surface area contributed by atoms with Gasteiger partial charge in [0.25, 0.3) is 11.8 Å². The molecule has 3 N–H and O–H groups in total. The highest BCUT2D eigenvalue weighted by atomic mass is 16.5. The zero-order valence-corrected chi connectivity index (χ0v) is 17.6. The molecule has 0 atom stereocenters. The van der Waals surface area contributed by atoms with Gasteiger partial charge in [0, 0.05) is 11.1 Å². The summed E-state index contributed by atoms with van der Waals surface area (Å²) in [6, 6.07) is 14.9. The Kier molecular flexibility index (Phi) is 8.13. The van der Waals surface area contributed by atoms with Gasteiger partial charge < -0.3 is 20.1 Å². The number of esters is 1. The van der Waals surface area contributed by atoms with Gasteiger partial charge in [-0.25, -0.2) is 4.79 Å². The van der Waals surface area contributed by atoms with Crippen molar-refractivity contribution >= 4 is 23.8 Å². The molecule has 2 rings (SSSR count). The summed E-state index contributed by atoms with van der Waals surface area (Å²) in [6.07, 6.45) is 0. The van der Waals surface area contributed by atoms with Crippen molar-refractivity contribution in [2.24, 2.45) is 0 Å². The van der Waals surface area contributed by atoms with Gasteiger partial charge in [0.2, 0.25) is 0 Å². The molecule has 0 spiro atoms. The van der Waals surface area contributed by atoms with E-state index in [-0.39, 0.29) is 0 Å². The van der Waals surface area contributed by atoms with Crippen molar-refractivity contribution in [2.75, 3.05) is 13.2 Å². The second-order valence-electron chi connectivity index (χ2n) is 7.54. The van der Waals surface area contributed by atoms with Crippen molar-refractivity contribution in [3.8, 4) is 11.5 Å². The molecule has 31 heavy (non-hydrogen) atoms. The van der Waals surface area contributed by atoms with E-state index in [1.54, 1.807) is 45.0 Å². The first-order valence-corrected chi connectivity index (χ1v) is 9.51. The van der Waals surface area contributed by atoms with Gasteiger partial charge in [-0.2, -0.15) is 0 Å². The molecule has 0 saturated heterocycles. The van der Waals surface area contributed by atoms with Crippen molar-refractivity contribution in [3.63, 3.8) is 0 Å². The summed E-state index contributed by atoms with van der Waals surface area (Å²) in [6.45, 7) is 4.19. The van der Waals surface area contributed by atoms with Crippen LogP contribution in [0.4, 0.5) is 4.79 Å². The van der Waals surface area contributed by atoms with Gasteiger partial charge >= 0.3 is 12.0 Å². The van der Waals surface area contributed by atoms with Crippen LogP contribution in [0.1, 0.15) is 31.1 Å². The predicted molar refractivity (Wildman–Crippen MR) is 113 cm³/mol. The van der Waals surface area contributed by atoms with Crippen LogP contribution in [-0.4, -0.2) is 42.5 Å². The Morgan fingerprint density at radius 1 is 0.871 bits per heavy atom. The summed E-state index contributed by atoms with van der Waals surface area (Å²) in [4.78, 5) is 47.0. The van der Waals surface area contributed by atoms with Crippen molar-refractivity contribution in [3.05, 3.63) is 60.2 Å². The third-order valence-electron chi connectivity index (χ3n) is 3.59. The number of ether oxygens (including phenoxy) is 2. The molecule has 0 aliphatic rings. The van der Waals surface area contributed by atoms with Crippen LogP contribution >= 0.6 is 0 Å². The van der Waals surface area contributed by atoms with Crippen LogP contribution in [0.15, 0.2) is 54.6 Å². The van der Waals surface area contributed by atoms with E-state index < -0.39 is 42.5 Å². The molecule has 0 aliphatic carbocycles. The number of para-hydroxylation sites is 1. The Labute approximate surface area is 180 Å². The minimum Gasteiger partial charge on any atom is -0.457 e. The number of urea groups is 1. The number of carbonyl (C=O) groups excluding carboxylic acids is 4. The van der Waals surface area contributed by atoms with Gasteiger partial charge in [-0.1, -0.05) is 18.2 Å². The molecule has 4 amide bonds. The minimum absolute atomic E-state index is 0.324. The fourth-order valence-electron chi connectivity index (χ4n) is 2.29. The first-order valence-electron chi connectivity index (χ1n) is 9.51. The summed E-state index contributed by atoms with van der Waals surface area (Å²) in [5.74, 6) is -0.859. The normalized spacial score (nSPS) is 10.5. The molecule has 0 bridgehead atoms. The Hall–Kier alpha value is -3.88. The monoisotopic (exact) mass is 427 g/mol. The van der Waals surface area contributed by atoms with E-state index in [1.165, 1.54) is 0 Å². The maximum Gasteiger partial charge on any atom is 0.325 e. The van der Waals surface area contributed by atoms with Crippen LogP contribution in [0.25, 0.3) is 0 Å². The highest BCUT2D eigenvalue weighted by molar-refractivity contribution is 5.97. The largest absolute Gasteiger partial charge is 0.457 e. The van der Waals surface area contributed by atoms with Crippen LogP contribution in [0.3, 0.4) is 0 Å². The third-order valence-corrected chi connectivity index (χ3v) is 3.59. The summed E-state index contributed by atoms with van der Waals surface area (Å²) >= 11 is 0. The SMILES string of the molecule is CC(C)(C)NC(=O)NC(=O)COC(=O)CNC(=O)c1ccc(Oc2ccccc2)cc1. The molecule has 164 valence electrons. The molecule has 0 fully saturated rings. The molecule has 0 aromatic heterocycles. The lowest BCUT2D eigenvalue weighted by Crippen LogP contribution is -2.49. The molecule has 2 aromatic rings. The number of imide groups is 1. The molecular weight excluding hydrogens is 402 g/mol. The average molecular weight is 427 g/mol. The summed E-state index contributed by atoms with van der Waals surface area (Å²) in [5.41, 5.74) is -0.193. The number of benzene rings is 2. The second kappa shape index (κ2) is 10.8. The standard InChI is InChI=1S/C22H25N3O6/c1-22(2,3)25-21(29)24-18(26)14-30-19(27)13-23-20(28)15-9-11-17(12-10-15)31-16-7-5-4-6-8-16/h4-12H,13-14H2,1-3H3,(H,23,28)(H2,24,25,26,29). The maximum atomic E-state index is 12.1. The molecule has 0 heterocycles. The van der Waals surface area contributed by atoms with Crippen molar-refractivity contribution in [2.45, 2.75) is 26.3 Å². The van der Waals surface area contributed by atoms with Gasteiger partial charge in [-0.3, -0.25) is 19.7 Å². The smallest absolute Gasteiger partial charge is 0.325 e. The summed E-state index contributed by atoms with van der Waals surface area (Å²) in [7, 11) is 0. The quantitative estimate of drug-likeness (QED) is 0.583. The van der Waals surface area contributed by atoms with Crippen LogP contribution in [-0.2, 0) is 14.3 Å². The van der Waals surface area contributed by atoms with Gasteiger partial charge in [0.05, 0.1) is 0 Å². The maximum absolute atomic E-state index is 12.1. The van der Waals surface area contributed by atoms with Crippen molar-refractivity contribution in [1.82, 2.24) is 16.0 Å². The highest BCUT2D eigenvalue weighted by Crippen LogP contribution is 2.21. The van der Waals surface area contributed by atoms with E-state index in [2.05, 4.69) is 10.6 Å². The summed E-state index contributed by atoms with van der Waals surface area (Å²) < 4.78 is 10.4. The van der Waals surface area contributed by atoms with Crippen LogP contribution in [0, 0.1) is 0 Å². The first kappa shape index (κ1) is 23.4. The highest BCUT2D eigenvalue weighted by Gasteiger charge is 2.17. The van der Waals surface area contributed by atoms with E-state index in [0.717, 1.165) is 0 Å². The lowest BCUT2D eigenvalue weighted by atomic mass is 10.1. The molecule has 0 saturated carbocycles. The molecule has 0 aliphatic heterocycles. The van der Waals surface area contributed by atoms with Crippen molar-refractivity contribution < 1.29 is 28.7 Å². The zero-order chi connectivity index (χ0) is 22.9. The van der Waals surface area contributed by atoms with E-state index in [9.17, 15) is 19.2 Å². The Morgan fingerprint density at radius 3 is 2.10 bits per heavy atom. The van der Waals surface area contributed by atoms with Crippen molar-refractivity contribution in [1.29, 1.82) is 0 Å². The fourth-order valence-corrected chi connectivity index (χ4v) is 2.29. The fraction of sp³-hybridized carbons (Fsp3) is 0.273. The lowest BCUT2D eigenvalue weighted by molar-refractivity contribution is -0.147. The number of carbonyl (C=O) groups is 4. The van der Waals surface area contributed by atoms with E-state index in [4.69, 9.17) is 9.47 Å². The molecule has 0 radical (unpaired) electrons. The van der Waals surface area contributed by atoms with Crippen LogP contribution in [0.5, 0.6) is 11.5 Å². The Balaban J connectivity index is 1.72. The number of rotatable bonds is 7. The van der Waals surface area contributed by atoms with E-state index in [0.29, 0.717) is 17.1 Å². The number of amides is 4. The average Bonchev–Trinajstić information content (AvgIpc) is 2.70. The minimum atomic E-state index is -0.816. The molecule has 9 heteroatoms. The van der Waals surface area contributed by atoms with E-state index in [1.807, 2.05) is 35.6 Å². The molecular formula is C22H25N3O6. The molecule has 0 unspecified atom stereocenters. The Morgan fingerprint density at radius 2 is 1.48 bits per heavy atom. The lowest BCUT2D eigenvalue weighted by Gasteiger charge is -2.20. The van der Waals surface area contributed by atoms with Crippen LogP contribution < -0.4 is 20.7 Å². The van der Waals surface area contributed by atoms with Gasteiger partial charge in [0.1, 0.15) is 18.0 Å².